The lowest BCUT2D eigenvalue weighted by Gasteiger charge is -2.40. The fraction of sp³-hybridized carbons (Fsp3) is 0.417. The third kappa shape index (κ3) is 4.84. The van der Waals surface area contributed by atoms with Gasteiger partial charge in [-0.15, -0.1) is 5.10 Å². The monoisotopic (exact) mass is 456 g/mol. The maximum atomic E-state index is 13.5. The molecule has 3 aromatic rings. The van der Waals surface area contributed by atoms with Crippen molar-refractivity contribution >= 4 is 17.3 Å². The maximum absolute atomic E-state index is 13.5. The molecule has 1 aliphatic heterocycles. The fourth-order valence-electron chi connectivity index (χ4n) is 4.92. The van der Waals surface area contributed by atoms with Gasteiger partial charge in [-0.2, -0.15) is 4.98 Å². The Morgan fingerprint density at radius 2 is 1.73 bits per heavy atom. The molecule has 1 aromatic heterocycles. The number of hydrogen-bond donors (Lipinski definition) is 2. The molecular weight excluding hydrogens is 426 g/mol. The Labute approximate surface area is 193 Å². The van der Waals surface area contributed by atoms with Gasteiger partial charge in [-0.05, 0) is 62.1 Å². The first-order valence-corrected chi connectivity index (χ1v) is 11.4. The highest BCUT2D eigenvalue weighted by atomic mass is 19.1. The van der Waals surface area contributed by atoms with Gasteiger partial charge in [0.1, 0.15) is 18.0 Å². The fourth-order valence-corrected chi connectivity index (χ4v) is 4.92. The minimum Gasteiger partial charge on any atom is -0.391 e. The molecule has 0 spiro atoms. The molecule has 33 heavy (non-hydrogen) atoms. The van der Waals surface area contributed by atoms with Crippen molar-refractivity contribution in [2.75, 3.05) is 36.4 Å². The van der Waals surface area contributed by atoms with Crippen LogP contribution < -0.4 is 10.2 Å². The van der Waals surface area contributed by atoms with Crippen molar-refractivity contribution in [2.24, 2.45) is 0 Å². The summed E-state index contributed by atoms with van der Waals surface area (Å²) < 4.78 is 28.4. The summed E-state index contributed by atoms with van der Waals surface area (Å²) in [6.45, 7) is 5.73. The molecule has 0 bridgehead atoms. The Morgan fingerprint density at radius 3 is 2.42 bits per heavy atom. The van der Waals surface area contributed by atoms with E-state index in [2.05, 4.69) is 37.3 Å². The van der Waals surface area contributed by atoms with Gasteiger partial charge in [0, 0.05) is 51.1 Å². The summed E-state index contributed by atoms with van der Waals surface area (Å²) in [5.74, 6) is -0.988. The first-order valence-electron chi connectivity index (χ1n) is 11.4. The Bertz CT molecular complexity index is 1110. The molecule has 1 aliphatic carbocycles. The average molecular weight is 457 g/mol. The number of halogens is 2. The summed E-state index contributed by atoms with van der Waals surface area (Å²) >= 11 is 0. The number of nitrogens with zero attached hydrogens (tertiary/aromatic N) is 5. The molecule has 9 heteroatoms. The van der Waals surface area contributed by atoms with Gasteiger partial charge in [0.2, 0.25) is 5.95 Å². The second-order valence-corrected chi connectivity index (χ2v) is 8.91. The van der Waals surface area contributed by atoms with Crippen LogP contribution in [-0.4, -0.2) is 63.1 Å². The van der Waals surface area contributed by atoms with Crippen LogP contribution in [0, 0.1) is 18.6 Å². The number of aryl methyl sites for hydroxylation is 1. The quantitative estimate of drug-likeness (QED) is 0.607. The molecular formula is C24H30F2N6O. The van der Waals surface area contributed by atoms with Crippen molar-refractivity contribution in [1.82, 2.24) is 19.7 Å². The number of aliphatic hydroxyl groups is 1. The third-order valence-corrected chi connectivity index (χ3v) is 6.51. The van der Waals surface area contributed by atoms with Crippen molar-refractivity contribution < 1.29 is 15.3 Å². The van der Waals surface area contributed by atoms with Crippen molar-refractivity contribution in [3.63, 3.8) is 0 Å². The largest absolute Gasteiger partial charge is 0.391 e. The smallest absolute Gasteiger partial charge is 0.246 e. The van der Waals surface area contributed by atoms with E-state index in [-0.39, 0.29) is 13.2 Å². The Kier molecular flexibility index (Phi) is 5.99. The maximum Gasteiger partial charge on any atom is 0.246 e. The minimum atomic E-state index is -0.666. The lowest BCUT2D eigenvalue weighted by atomic mass is 10.1. The first-order chi connectivity index (χ1) is 15.9. The van der Waals surface area contributed by atoms with Crippen LogP contribution in [0.2, 0.25) is 0 Å². The number of aromatic nitrogens is 3. The molecule has 2 N–H and O–H groups in total. The van der Waals surface area contributed by atoms with Gasteiger partial charge >= 0.3 is 0 Å². The normalized spacial score (nSPS) is 21.5. The number of hydrogen-bond acceptors (Lipinski definition) is 6. The van der Waals surface area contributed by atoms with E-state index in [9.17, 15) is 13.9 Å². The zero-order valence-electron chi connectivity index (χ0n) is 18.6. The van der Waals surface area contributed by atoms with Crippen molar-refractivity contribution in [3.05, 3.63) is 59.9 Å². The minimum absolute atomic E-state index is 0. The summed E-state index contributed by atoms with van der Waals surface area (Å²) in [7, 11) is 0. The average Bonchev–Trinajstić information content (AvgIpc) is 3.42. The van der Waals surface area contributed by atoms with Gasteiger partial charge in [0.25, 0.3) is 0 Å². The highest BCUT2D eigenvalue weighted by Gasteiger charge is 2.32. The number of aliphatic hydroxyl groups excluding tert-OH is 1. The molecule has 7 nitrogen and oxygen atoms in total. The van der Waals surface area contributed by atoms with Crippen molar-refractivity contribution in [1.29, 1.82) is 0 Å². The van der Waals surface area contributed by atoms with E-state index >= 15 is 0 Å². The van der Waals surface area contributed by atoms with E-state index in [1.54, 1.807) is 0 Å². The van der Waals surface area contributed by atoms with Crippen LogP contribution in [0.25, 0.3) is 5.69 Å². The Balaban J connectivity index is 0.00000274. The second kappa shape index (κ2) is 9.07. The van der Waals surface area contributed by atoms with Crippen LogP contribution in [0.3, 0.4) is 0 Å². The van der Waals surface area contributed by atoms with Gasteiger partial charge < -0.3 is 15.3 Å². The number of anilines is 3. The van der Waals surface area contributed by atoms with Crippen LogP contribution in [0.4, 0.5) is 26.1 Å². The van der Waals surface area contributed by atoms with E-state index in [1.165, 1.54) is 23.1 Å². The predicted octanol–water partition coefficient (Wildman–Crippen LogP) is 3.88. The van der Waals surface area contributed by atoms with E-state index in [1.807, 2.05) is 13.0 Å². The molecule has 2 heterocycles. The zero-order chi connectivity index (χ0) is 22.9. The van der Waals surface area contributed by atoms with E-state index in [0.29, 0.717) is 12.0 Å². The molecule has 2 aromatic carbocycles. The molecule has 2 fully saturated rings. The van der Waals surface area contributed by atoms with Gasteiger partial charge in [-0.3, -0.25) is 4.90 Å². The highest BCUT2D eigenvalue weighted by molar-refractivity contribution is 5.64. The molecule has 2 atom stereocenters. The summed E-state index contributed by atoms with van der Waals surface area (Å²) in [5.41, 5.74) is 3.34. The Hall–Kier alpha value is -3.04. The number of nitrogens with one attached hydrogen (secondary N) is 1. The van der Waals surface area contributed by atoms with Gasteiger partial charge in [-0.25, -0.2) is 13.5 Å². The van der Waals surface area contributed by atoms with Gasteiger partial charge in [0.05, 0.1) is 11.8 Å². The SMILES string of the molecule is Cc1cc(Nc2ncn(-c3cc(F)cc(F)c3)n2)cc(N2CCN(C3CCCC3O)CC2)c1.[HH]. The summed E-state index contributed by atoms with van der Waals surface area (Å²) in [5, 5.41) is 17.7. The van der Waals surface area contributed by atoms with Crippen molar-refractivity contribution in [3.8, 4) is 5.69 Å². The molecule has 1 saturated heterocycles. The zero-order valence-corrected chi connectivity index (χ0v) is 18.6. The summed E-state index contributed by atoms with van der Waals surface area (Å²) in [6, 6.07) is 9.77. The second-order valence-electron chi connectivity index (χ2n) is 8.91. The lowest BCUT2D eigenvalue weighted by molar-refractivity contribution is 0.0671. The molecule has 0 amide bonds. The van der Waals surface area contributed by atoms with Crippen LogP contribution in [0.5, 0.6) is 0 Å². The van der Waals surface area contributed by atoms with E-state index in [4.69, 9.17) is 0 Å². The molecule has 2 aliphatic rings. The van der Waals surface area contributed by atoms with Crippen molar-refractivity contribution in [2.45, 2.75) is 38.3 Å². The highest BCUT2D eigenvalue weighted by Crippen LogP contribution is 2.28. The molecule has 1 saturated carbocycles. The number of benzene rings is 2. The molecule has 0 radical (unpaired) electrons. The molecule has 2 unspecified atom stereocenters. The van der Waals surface area contributed by atoms with Gasteiger partial charge in [0.15, 0.2) is 0 Å². The van der Waals surface area contributed by atoms with Crippen LogP contribution in [-0.2, 0) is 0 Å². The van der Waals surface area contributed by atoms with Crippen LogP contribution in [0.1, 0.15) is 26.3 Å². The van der Waals surface area contributed by atoms with Gasteiger partial charge in [-0.1, -0.05) is 0 Å². The van der Waals surface area contributed by atoms with E-state index < -0.39 is 11.6 Å². The summed E-state index contributed by atoms with van der Waals surface area (Å²) in [4.78, 5) is 9.02. The summed E-state index contributed by atoms with van der Waals surface area (Å²) in [6.07, 6.45) is 4.33. The van der Waals surface area contributed by atoms with Crippen LogP contribution >= 0.6 is 0 Å². The number of rotatable bonds is 5. The molecule has 176 valence electrons. The predicted molar refractivity (Wildman–Crippen MR) is 125 cm³/mol. The lowest BCUT2D eigenvalue weighted by Crippen LogP contribution is -2.52. The third-order valence-electron chi connectivity index (χ3n) is 6.51. The molecule has 5 rings (SSSR count). The standard InChI is InChI=1S/C24H28F2N6O.H2/c1-16-9-19(28-24-27-15-32(29-24)21-12-17(25)11-18(26)13-21)14-20(10-16)30-5-7-31(8-6-30)22-3-2-4-23(22)33;/h9-15,22-23,33H,2-8H2,1H3,(H,28,29);1H. The Morgan fingerprint density at radius 1 is 0.970 bits per heavy atom. The topological polar surface area (TPSA) is 69.5 Å². The van der Waals surface area contributed by atoms with E-state index in [0.717, 1.165) is 68.4 Å². The number of piperazine rings is 1. The first kappa shape index (κ1) is 21.8. The van der Waals surface area contributed by atoms with Crippen LogP contribution in [0.15, 0.2) is 42.7 Å².